The fourth-order valence-electron chi connectivity index (χ4n) is 2.65. The van der Waals surface area contributed by atoms with Gasteiger partial charge in [-0.15, -0.1) is 0 Å². The van der Waals surface area contributed by atoms with Crippen molar-refractivity contribution in [3.63, 3.8) is 0 Å². The molecule has 0 spiro atoms. The summed E-state index contributed by atoms with van der Waals surface area (Å²) in [6.45, 7) is 5.98. The molecule has 0 heterocycles. The van der Waals surface area contributed by atoms with Crippen LogP contribution in [0.15, 0.2) is 36.4 Å². The molecule has 24 heavy (non-hydrogen) atoms. The number of hydrogen-bond donors (Lipinski definition) is 1. The molecule has 0 bridgehead atoms. The highest BCUT2D eigenvalue weighted by Gasteiger charge is 2.20. The first kappa shape index (κ1) is 17.9. The topological polar surface area (TPSA) is 72.2 Å². The largest absolute Gasteiger partial charge is 0.345 e. The Balaban J connectivity index is 2.30. The van der Waals surface area contributed by atoms with Crippen LogP contribution in [0.3, 0.4) is 0 Å². The lowest BCUT2D eigenvalue weighted by molar-refractivity contribution is -0.384. The monoisotopic (exact) mass is 346 g/mol. The first-order valence-electron chi connectivity index (χ1n) is 7.65. The standard InChI is InChI=1S/C18H19ClN2O3/c1-4-17(14-7-5-11(2)9-12(14)3)20-18(22)15-10-13(21(23)24)6-8-16(15)19/h5-10,17H,4H2,1-3H3,(H,20,22)/t17-/m0/s1. The van der Waals surface area contributed by atoms with Gasteiger partial charge in [0.15, 0.2) is 0 Å². The predicted molar refractivity (Wildman–Crippen MR) is 94.5 cm³/mol. The Bertz CT molecular complexity index is 790. The number of rotatable bonds is 5. The van der Waals surface area contributed by atoms with Crippen molar-refractivity contribution in [1.29, 1.82) is 0 Å². The van der Waals surface area contributed by atoms with Gasteiger partial charge in [0, 0.05) is 12.1 Å². The van der Waals surface area contributed by atoms with E-state index in [-0.39, 0.29) is 22.3 Å². The molecule has 2 aromatic carbocycles. The first-order valence-corrected chi connectivity index (χ1v) is 8.03. The van der Waals surface area contributed by atoms with Gasteiger partial charge in [-0.05, 0) is 37.5 Å². The van der Waals surface area contributed by atoms with E-state index >= 15 is 0 Å². The zero-order valence-electron chi connectivity index (χ0n) is 13.8. The summed E-state index contributed by atoms with van der Waals surface area (Å²) in [6, 6.07) is 9.71. The smallest absolute Gasteiger partial charge is 0.270 e. The second-order valence-corrected chi connectivity index (χ2v) is 6.12. The first-order chi connectivity index (χ1) is 11.3. The Morgan fingerprint density at radius 1 is 1.25 bits per heavy atom. The number of nitrogens with zero attached hydrogens (tertiary/aromatic N) is 1. The molecule has 0 aliphatic carbocycles. The van der Waals surface area contributed by atoms with E-state index in [4.69, 9.17) is 11.6 Å². The van der Waals surface area contributed by atoms with Crippen LogP contribution in [0.25, 0.3) is 0 Å². The van der Waals surface area contributed by atoms with E-state index in [1.54, 1.807) is 0 Å². The molecule has 0 unspecified atom stereocenters. The van der Waals surface area contributed by atoms with E-state index in [9.17, 15) is 14.9 Å². The quantitative estimate of drug-likeness (QED) is 0.627. The summed E-state index contributed by atoms with van der Waals surface area (Å²) in [5.41, 5.74) is 3.21. The zero-order valence-corrected chi connectivity index (χ0v) is 14.6. The summed E-state index contributed by atoms with van der Waals surface area (Å²) < 4.78 is 0. The van der Waals surface area contributed by atoms with Crippen LogP contribution in [0.2, 0.25) is 5.02 Å². The van der Waals surface area contributed by atoms with Crippen LogP contribution in [0.4, 0.5) is 5.69 Å². The van der Waals surface area contributed by atoms with Crippen molar-refractivity contribution < 1.29 is 9.72 Å². The van der Waals surface area contributed by atoms with E-state index in [2.05, 4.69) is 11.4 Å². The molecule has 0 saturated carbocycles. The summed E-state index contributed by atoms with van der Waals surface area (Å²) in [6.07, 6.45) is 0.697. The molecule has 2 aromatic rings. The van der Waals surface area contributed by atoms with Crippen molar-refractivity contribution >= 4 is 23.2 Å². The molecule has 1 N–H and O–H groups in total. The number of nitrogens with one attached hydrogen (secondary N) is 1. The SMILES string of the molecule is CC[C@H](NC(=O)c1cc([N+](=O)[O-])ccc1Cl)c1ccc(C)cc1C. The maximum absolute atomic E-state index is 12.5. The number of amides is 1. The van der Waals surface area contributed by atoms with Crippen molar-refractivity contribution in [2.45, 2.75) is 33.2 Å². The van der Waals surface area contributed by atoms with E-state index in [0.717, 1.165) is 16.7 Å². The van der Waals surface area contributed by atoms with Gasteiger partial charge in [-0.25, -0.2) is 0 Å². The molecular formula is C18H19ClN2O3. The average Bonchev–Trinajstić information content (AvgIpc) is 2.53. The second-order valence-electron chi connectivity index (χ2n) is 5.72. The van der Waals surface area contributed by atoms with E-state index < -0.39 is 10.8 Å². The minimum absolute atomic E-state index is 0.106. The number of carbonyl (C=O) groups is 1. The summed E-state index contributed by atoms with van der Waals surface area (Å²) in [5.74, 6) is -0.421. The van der Waals surface area contributed by atoms with E-state index in [1.807, 2.05) is 32.9 Å². The molecule has 0 aliphatic heterocycles. The van der Waals surface area contributed by atoms with Crippen molar-refractivity contribution in [3.05, 3.63) is 73.8 Å². The maximum Gasteiger partial charge on any atom is 0.270 e. The van der Waals surface area contributed by atoms with Crippen molar-refractivity contribution in [2.24, 2.45) is 0 Å². The van der Waals surface area contributed by atoms with Crippen LogP contribution in [0, 0.1) is 24.0 Å². The second kappa shape index (κ2) is 7.45. The summed E-state index contributed by atoms with van der Waals surface area (Å²) >= 11 is 6.04. The molecule has 0 aliphatic rings. The highest BCUT2D eigenvalue weighted by molar-refractivity contribution is 6.33. The maximum atomic E-state index is 12.5. The van der Waals surface area contributed by atoms with Gasteiger partial charge >= 0.3 is 0 Å². The Kier molecular flexibility index (Phi) is 5.57. The third-order valence-electron chi connectivity index (χ3n) is 3.92. The van der Waals surface area contributed by atoms with E-state index in [1.165, 1.54) is 18.2 Å². The van der Waals surface area contributed by atoms with Gasteiger partial charge in [-0.1, -0.05) is 42.3 Å². The number of nitro benzene ring substituents is 1. The Morgan fingerprint density at radius 2 is 1.96 bits per heavy atom. The minimum Gasteiger partial charge on any atom is -0.345 e. The molecule has 0 aromatic heterocycles. The Labute approximate surface area is 145 Å². The number of nitro groups is 1. The fraction of sp³-hybridized carbons (Fsp3) is 0.278. The van der Waals surface area contributed by atoms with Gasteiger partial charge < -0.3 is 5.32 Å². The van der Waals surface area contributed by atoms with Gasteiger partial charge in [0.1, 0.15) is 0 Å². The molecule has 5 nitrogen and oxygen atoms in total. The number of carbonyl (C=O) groups excluding carboxylic acids is 1. The molecule has 1 atom stereocenters. The van der Waals surface area contributed by atoms with Gasteiger partial charge in [-0.2, -0.15) is 0 Å². The van der Waals surface area contributed by atoms with Crippen LogP contribution < -0.4 is 5.32 Å². The number of halogens is 1. The molecule has 1 amide bonds. The van der Waals surface area contributed by atoms with Crippen molar-refractivity contribution in [2.75, 3.05) is 0 Å². The van der Waals surface area contributed by atoms with Crippen LogP contribution in [-0.4, -0.2) is 10.8 Å². The summed E-state index contributed by atoms with van der Waals surface area (Å²) in [4.78, 5) is 22.9. The third-order valence-corrected chi connectivity index (χ3v) is 4.25. The number of aryl methyl sites for hydroxylation is 2. The Morgan fingerprint density at radius 3 is 2.54 bits per heavy atom. The third kappa shape index (κ3) is 3.92. The highest BCUT2D eigenvalue weighted by atomic mass is 35.5. The van der Waals surface area contributed by atoms with E-state index in [0.29, 0.717) is 6.42 Å². The lowest BCUT2D eigenvalue weighted by Crippen LogP contribution is -2.29. The zero-order chi connectivity index (χ0) is 17.9. The minimum atomic E-state index is -0.547. The lowest BCUT2D eigenvalue weighted by Gasteiger charge is -2.20. The Hall–Kier alpha value is -2.40. The summed E-state index contributed by atoms with van der Waals surface area (Å²) in [5, 5.41) is 14.0. The number of non-ortho nitro benzene ring substituents is 1. The average molecular weight is 347 g/mol. The molecule has 0 fully saturated rings. The molecule has 0 radical (unpaired) electrons. The van der Waals surface area contributed by atoms with Crippen LogP contribution in [0.1, 0.15) is 46.4 Å². The summed E-state index contributed by atoms with van der Waals surface area (Å²) in [7, 11) is 0. The number of benzene rings is 2. The lowest BCUT2D eigenvalue weighted by atomic mass is 9.97. The fourth-order valence-corrected chi connectivity index (χ4v) is 2.86. The predicted octanol–water partition coefficient (Wildman–Crippen LogP) is 4.75. The van der Waals surface area contributed by atoms with Gasteiger partial charge in [0.2, 0.25) is 0 Å². The van der Waals surface area contributed by atoms with Gasteiger partial charge in [0.25, 0.3) is 11.6 Å². The van der Waals surface area contributed by atoms with Gasteiger partial charge in [0.05, 0.1) is 21.6 Å². The molecule has 6 heteroatoms. The van der Waals surface area contributed by atoms with Crippen LogP contribution in [0.5, 0.6) is 0 Å². The molecule has 126 valence electrons. The molecular weight excluding hydrogens is 328 g/mol. The van der Waals surface area contributed by atoms with Gasteiger partial charge in [-0.3, -0.25) is 14.9 Å². The van der Waals surface area contributed by atoms with Crippen LogP contribution in [-0.2, 0) is 0 Å². The number of hydrogen-bond acceptors (Lipinski definition) is 3. The van der Waals surface area contributed by atoms with Crippen LogP contribution >= 0.6 is 11.6 Å². The highest BCUT2D eigenvalue weighted by Crippen LogP contribution is 2.25. The molecule has 0 saturated heterocycles. The van der Waals surface area contributed by atoms with Crippen molar-refractivity contribution in [3.8, 4) is 0 Å². The van der Waals surface area contributed by atoms with Crippen molar-refractivity contribution in [1.82, 2.24) is 5.32 Å². The normalized spacial score (nSPS) is 11.8. The molecule has 2 rings (SSSR count).